The Morgan fingerprint density at radius 2 is 1.92 bits per heavy atom. The van der Waals surface area contributed by atoms with Gasteiger partial charge in [0, 0.05) is 18.8 Å². The standard InChI is InChI=1S/C20H23N5O/c1-24-19(13-18(23-24)15-7-3-2-4-8-15)20(26)21-14-16-11-12-25(22-16)17-9-5-6-10-17/h2-4,7-8,11-13,17H,5-6,9-10,14H2,1H3,(H,21,26). The number of aromatic nitrogens is 4. The van der Waals surface area contributed by atoms with Crippen LogP contribution in [-0.4, -0.2) is 25.5 Å². The van der Waals surface area contributed by atoms with Crippen LogP contribution in [0, 0.1) is 0 Å². The maximum absolute atomic E-state index is 12.5. The number of rotatable bonds is 5. The van der Waals surface area contributed by atoms with Crippen LogP contribution >= 0.6 is 0 Å². The van der Waals surface area contributed by atoms with Crippen LogP contribution in [0.4, 0.5) is 0 Å². The lowest BCUT2D eigenvalue weighted by atomic mass is 10.1. The summed E-state index contributed by atoms with van der Waals surface area (Å²) in [5.41, 5.74) is 3.22. The van der Waals surface area contributed by atoms with Crippen molar-refractivity contribution in [2.45, 2.75) is 38.3 Å². The number of aryl methyl sites for hydroxylation is 1. The van der Waals surface area contributed by atoms with Gasteiger partial charge in [0.05, 0.1) is 24.0 Å². The van der Waals surface area contributed by atoms with Crippen molar-refractivity contribution in [1.82, 2.24) is 24.9 Å². The second kappa shape index (κ2) is 7.15. The molecular weight excluding hydrogens is 326 g/mol. The Kier molecular flexibility index (Phi) is 4.56. The first-order valence-corrected chi connectivity index (χ1v) is 9.12. The molecule has 1 N–H and O–H groups in total. The first-order chi connectivity index (χ1) is 12.7. The molecule has 2 heterocycles. The monoisotopic (exact) mass is 349 g/mol. The smallest absolute Gasteiger partial charge is 0.269 e. The second-order valence-corrected chi connectivity index (χ2v) is 6.81. The average Bonchev–Trinajstić information content (AvgIpc) is 3.40. The zero-order chi connectivity index (χ0) is 17.9. The summed E-state index contributed by atoms with van der Waals surface area (Å²) in [6, 6.07) is 14.2. The largest absolute Gasteiger partial charge is 0.345 e. The van der Waals surface area contributed by atoms with Gasteiger partial charge in [0.2, 0.25) is 0 Å². The van der Waals surface area contributed by atoms with Gasteiger partial charge in [0.1, 0.15) is 5.69 Å². The molecule has 4 rings (SSSR count). The van der Waals surface area contributed by atoms with Gasteiger partial charge in [-0.2, -0.15) is 10.2 Å². The number of amides is 1. The minimum Gasteiger partial charge on any atom is -0.345 e. The predicted molar refractivity (Wildman–Crippen MR) is 99.5 cm³/mol. The van der Waals surface area contributed by atoms with E-state index in [4.69, 9.17) is 0 Å². The summed E-state index contributed by atoms with van der Waals surface area (Å²) < 4.78 is 3.67. The quantitative estimate of drug-likeness (QED) is 0.768. The molecule has 1 saturated carbocycles. The Bertz CT molecular complexity index is 890. The summed E-state index contributed by atoms with van der Waals surface area (Å²) >= 11 is 0. The van der Waals surface area contributed by atoms with Crippen LogP contribution in [0.1, 0.15) is 47.9 Å². The third kappa shape index (κ3) is 3.40. The van der Waals surface area contributed by atoms with E-state index in [0.29, 0.717) is 18.3 Å². The van der Waals surface area contributed by atoms with Gasteiger partial charge < -0.3 is 5.32 Å². The van der Waals surface area contributed by atoms with Crippen LogP contribution in [0.25, 0.3) is 11.3 Å². The Balaban J connectivity index is 1.41. The zero-order valence-electron chi connectivity index (χ0n) is 14.9. The maximum Gasteiger partial charge on any atom is 0.269 e. The molecule has 1 aromatic carbocycles. The van der Waals surface area contributed by atoms with Crippen LogP contribution in [0.5, 0.6) is 0 Å². The molecule has 134 valence electrons. The summed E-state index contributed by atoms with van der Waals surface area (Å²) in [7, 11) is 1.79. The normalized spacial score (nSPS) is 14.7. The molecule has 2 aromatic heterocycles. The fraction of sp³-hybridized carbons (Fsp3) is 0.350. The zero-order valence-corrected chi connectivity index (χ0v) is 14.9. The van der Waals surface area contributed by atoms with E-state index in [2.05, 4.69) is 15.5 Å². The molecule has 1 amide bonds. The van der Waals surface area contributed by atoms with Gasteiger partial charge in [-0.05, 0) is 25.0 Å². The number of hydrogen-bond acceptors (Lipinski definition) is 3. The van der Waals surface area contributed by atoms with Gasteiger partial charge in [0.25, 0.3) is 5.91 Å². The molecule has 0 spiro atoms. The van der Waals surface area contributed by atoms with Crippen molar-refractivity contribution < 1.29 is 4.79 Å². The number of benzene rings is 1. The van der Waals surface area contributed by atoms with E-state index in [1.807, 2.05) is 53.3 Å². The molecule has 1 aliphatic rings. The second-order valence-electron chi connectivity index (χ2n) is 6.81. The molecule has 0 radical (unpaired) electrons. The summed E-state index contributed by atoms with van der Waals surface area (Å²) in [5.74, 6) is -0.141. The third-order valence-corrected chi connectivity index (χ3v) is 4.97. The first kappa shape index (κ1) is 16.6. The lowest BCUT2D eigenvalue weighted by Gasteiger charge is -2.09. The summed E-state index contributed by atoms with van der Waals surface area (Å²) in [5, 5.41) is 12.0. The lowest BCUT2D eigenvalue weighted by molar-refractivity contribution is 0.0941. The van der Waals surface area contributed by atoms with Crippen LogP contribution in [0.2, 0.25) is 0 Å². The number of carbonyl (C=O) groups excluding carboxylic acids is 1. The topological polar surface area (TPSA) is 64.7 Å². The minimum atomic E-state index is -0.141. The molecule has 26 heavy (non-hydrogen) atoms. The molecule has 0 aliphatic heterocycles. The van der Waals surface area contributed by atoms with Crippen molar-refractivity contribution >= 4 is 5.91 Å². The molecule has 0 atom stereocenters. The van der Waals surface area contributed by atoms with Crippen molar-refractivity contribution in [3.8, 4) is 11.3 Å². The molecule has 0 saturated heterocycles. The van der Waals surface area contributed by atoms with Gasteiger partial charge in [0.15, 0.2) is 0 Å². The third-order valence-electron chi connectivity index (χ3n) is 4.97. The predicted octanol–water partition coefficient (Wildman–Crippen LogP) is 3.33. The first-order valence-electron chi connectivity index (χ1n) is 9.12. The summed E-state index contributed by atoms with van der Waals surface area (Å²) in [6.45, 7) is 0.421. The fourth-order valence-electron chi connectivity index (χ4n) is 3.53. The Morgan fingerprint density at radius 1 is 1.15 bits per heavy atom. The van der Waals surface area contributed by atoms with E-state index < -0.39 is 0 Å². The van der Waals surface area contributed by atoms with Crippen molar-refractivity contribution in [3.05, 3.63) is 60.0 Å². The highest BCUT2D eigenvalue weighted by molar-refractivity contribution is 5.93. The molecule has 0 bridgehead atoms. The maximum atomic E-state index is 12.5. The number of carbonyl (C=O) groups is 1. The number of hydrogen-bond donors (Lipinski definition) is 1. The molecule has 0 unspecified atom stereocenters. The van der Waals surface area contributed by atoms with E-state index in [0.717, 1.165) is 17.0 Å². The van der Waals surface area contributed by atoms with Crippen LogP contribution in [0.3, 0.4) is 0 Å². The van der Waals surface area contributed by atoms with Gasteiger partial charge in [-0.15, -0.1) is 0 Å². The molecule has 3 aromatic rings. The van der Waals surface area contributed by atoms with E-state index in [1.54, 1.807) is 11.7 Å². The van der Waals surface area contributed by atoms with Crippen LogP contribution in [0.15, 0.2) is 48.7 Å². The van der Waals surface area contributed by atoms with E-state index in [1.165, 1.54) is 25.7 Å². The minimum absolute atomic E-state index is 0.141. The van der Waals surface area contributed by atoms with Crippen molar-refractivity contribution in [2.24, 2.45) is 7.05 Å². The van der Waals surface area contributed by atoms with E-state index in [9.17, 15) is 4.79 Å². The SMILES string of the molecule is Cn1nc(-c2ccccc2)cc1C(=O)NCc1ccn(C2CCCC2)n1. The van der Waals surface area contributed by atoms with Crippen molar-refractivity contribution in [2.75, 3.05) is 0 Å². The van der Waals surface area contributed by atoms with Gasteiger partial charge in [-0.25, -0.2) is 0 Å². The Hall–Kier alpha value is -2.89. The van der Waals surface area contributed by atoms with Crippen molar-refractivity contribution in [3.63, 3.8) is 0 Å². The van der Waals surface area contributed by atoms with E-state index >= 15 is 0 Å². The molecule has 1 fully saturated rings. The van der Waals surface area contributed by atoms with Crippen LogP contribution < -0.4 is 5.32 Å². The highest BCUT2D eigenvalue weighted by atomic mass is 16.2. The number of nitrogens with zero attached hydrogens (tertiary/aromatic N) is 4. The summed E-state index contributed by atoms with van der Waals surface area (Å²) in [6.07, 6.45) is 6.98. The average molecular weight is 349 g/mol. The molecule has 6 nitrogen and oxygen atoms in total. The highest BCUT2D eigenvalue weighted by Crippen LogP contribution is 2.28. The molecule has 1 aliphatic carbocycles. The lowest BCUT2D eigenvalue weighted by Crippen LogP contribution is -2.25. The highest BCUT2D eigenvalue weighted by Gasteiger charge is 2.18. The fourth-order valence-corrected chi connectivity index (χ4v) is 3.53. The number of nitrogens with one attached hydrogen (secondary N) is 1. The van der Waals surface area contributed by atoms with Gasteiger partial charge >= 0.3 is 0 Å². The van der Waals surface area contributed by atoms with E-state index in [-0.39, 0.29) is 5.91 Å². The molecular formula is C20H23N5O. The van der Waals surface area contributed by atoms with Crippen molar-refractivity contribution in [1.29, 1.82) is 0 Å². The Labute approximate surface area is 152 Å². The Morgan fingerprint density at radius 3 is 2.69 bits per heavy atom. The molecule has 6 heteroatoms. The van der Waals surface area contributed by atoms with Crippen LogP contribution in [-0.2, 0) is 13.6 Å². The summed E-state index contributed by atoms with van der Waals surface area (Å²) in [4.78, 5) is 12.5. The van der Waals surface area contributed by atoms with Gasteiger partial charge in [-0.3, -0.25) is 14.2 Å². The van der Waals surface area contributed by atoms with Gasteiger partial charge in [-0.1, -0.05) is 43.2 Å².